The van der Waals surface area contributed by atoms with Crippen molar-refractivity contribution >= 4 is 11.8 Å². The number of fused-ring (bicyclic) bond motifs is 2. The standard InChI is InChI=1S/C20H28O4/c1-3-4-5-6-7-8-9-10-13-24-18-14-16-11-12-17(18)20(16,15(2)21)19(22)23/h11-12,14H,3-10,13H2,1-2H3,(H,22,23). The van der Waals surface area contributed by atoms with E-state index in [2.05, 4.69) is 6.92 Å². The van der Waals surface area contributed by atoms with Crippen LogP contribution in [0.1, 0.15) is 65.2 Å². The Kier molecular flexibility index (Phi) is 6.41. The lowest BCUT2D eigenvalue weighted by Crippen LogP contribution is -2.37. The van der Waals surface area contributed by atoms with Crippen LogP contribution in [0.25, 0.3) is 0 Å². The molecule has 0 fully saturated rings. The lowest BCUT2D eigenvalue weighted by Gasteiger charge is -2.21. The normalized spacial score (nSPS) is 21.3. The molecule has 24 heavy (non-hydrogen) atoms. The minimum Gasteiger partial charge on any atom is -0.493 e. The van der Waals surface area contributed by atoms with Crippen molar-refractivity contribution in [3.8, 4) is 0 Å². The Balaban J connectivity index is 1.78. The van der Waals surface area contributed by atoms with Crippen molar-refractivity contribution in [3.63, 3.8) is 0 Å². The number of carboxylic acid groups (broad SMARTS) is 1. The molecule has 0 aromatic carbocycles. The predicted molar refractivity (Wildman–Crippen MR) is 93.6 cm³/mol. The molecular formula is C20H28O4. The molecule has 1 N–H and O–H groups in total. The zero-order valence-corrected chi connectivity index (χ0v) is 14.8. The van der Waals surface area contributed by atoms with E-state index < -0.39 is 11.4 Å². The molecule has 0 amide bonds. The van der Waals surface area contributed by atoms with Crippen molar-refractivity contribution in [2.75, 3.05) is 6.61 Å². The topological polar surface area (TPSA) is 63.6 Å². The van der Waals surface area contributed by atoms with Gasteiger partial charge in [0.25, 0.3) is 0 Å². The SMILES string of the molecule is CCCCCCCCCCOC1=C2C=CC(=C1)C2(C(C)=O)C(=O)O. The number of carbonyl (C=O) groups excluding carboxylic acids is 1. The summed E-state index contributed by atoms with van der Waals surface area (Å²) in [5.74, 6) is -0.938. The van der Waals surface area contributed by atoms with Gasteiger partial charge in [0.1, 0.15) is 5.76 Å². The first-order valence-electron chi connectivity index (χ1n) is 9.07. The fourth-order valence-corrected chi connectivity index (χ4v) is 3.54. The van der Waals surface area contributed by atoms with Crippen LogP contribution in [-0.4, -0.2) is 23.5 Å². The summed E-state index contributed by atoms with van der Waals surface area (Å²) < 4.78 is 5.77. The first-order valence-corrected chi connectivity index (χ1v) is 9.07. The van der Waals surface area contributed by atoms with Crippen LogP contribution in [0.3, 0.4) is 0 Å². The Morgan fingerprint density at radius 2 is 1.67 bits per heavy atom. The second-order valence-electron chi connectivity index (χ2n) is 6.65. The Morgan fingerprint density at radius 3 is 2.21 bits per heavy atom. The molecule has 2 aliphatic carbocycles. The van der Waals surface area contributed by atoms with Crippen molar-refractivity contribution in [3.05, 3.63) is 35.1 Å². The first kappa shape index (κ1) is 18.5. The second kappa shape index (κ2) is 8.32. The van der Waals surface area contributed by atoms with Crippen LogP contribution < -0.4 is 0 Å². The summed E-state index contributed by atoms with van der Waals surface area (Å²) in [6.45, 7) is 4.12. The summed E-state index contributed by atoms with van der Waals surface area (Å²) in [6, 6.07) is 0. The van der Waals surface area contributed by atoms with E-state index in [1.807, 2.05) is 0 Å². The molecule has 0 aromatic rings. The van der Waals surface area contributed by atoms with Gasteiger partial charge in [-0.05, 0) is 25.0 Å². The van der Waals surface area contributed by atoms with Crippen LogP contribution in [0, 0.1) is 5.41 Å². The number of rotatable bonds is 12. The number of allylic oxidation sites excluding steroid dienone is 3. The maximum Gasteiger partial charge on any atom is 0.326 e. The zero-order valence-electron chi connectivity index (χ0n) is 14.8. The molecule has 2 aliphatic rings. The van der Waals surface area contributed by atoms with Gasteiger partial charge in [-0.2, -0.15) is 0 Å². The van der Waals surface area contributed by atoms with Gasteiger partial charge in [-0.3, -0.25) is 9.59 Å². The summed E-state index contributed by atoms with van der Waals surface area (Å²) in [5.41, 5.74) is -0.533. The van der Waals surface area contributed by atoms with Gasteiger partial charge in [0.2, 0.25) is 0 Å². The Bertz CT molecular complexity index is 566. The number of carbonyl (C=O) groups is 2. The van der Waals surface area contributed by atoms with E-state index in [1.54, 1.807) is 18.2 Å². The van der Waals surface area contributed by atoms with Gasteiger partial charge in [0.05, 0.1) is 6.61 Å². The van der Waals surface area contributed by atoms with Crippen molar-refractivity contribution < 1.29 is 19.4 Å². The molecule has 0 spiro atoms. The Labute approximate surface area is 144 Å². The fraction of sp³-hybridized carbons (Fsp3) is 0.600. The summed E-state index contributed by atoms with van der Waals surface area (Å²) in [6.07, 6.45) is 14.9. The third-order valence-corrected chi connectivity index (χ3v) is 4.92. The number of carboxylic acids is 1. The largest absolute Gasteiger partial charge is 0.493 e. The highest BCUT2D eigenvalue weighted by Gasteiger charge is 2.55. The summed E-state index contributed by atoms with van der Waals surface area (Å²) >= 11 is 0. The quantitative estimate of drug-likeness (QED) is 0.420. The van der Waals surface area contributed by atoms with E-state index in [4.69, 9.17) is 4.74 Å². The Hall–Kier alpha value is -1.84. The molecule has 1 unspecified atom stereocenters. The smallest absolute Gasteiger partial charge is 0.326 e. The van der Waals surface area contributed by atoms with E-state index in [0.29, 0.717) is 23.5 Å². The first-order chi connectivity index (χ1) is 11.5. The average Bonchev–Trinajstić information content (AvgIpc) is 3.07. The van der Waals surface area contributed by atoms with Gasteiger partial charge in [0, 0.05) is 5.57 Å². The van der Waals surface area contributed by atoms with Crippen molar-refractivity contribution in [2.24, 2.45) is 5.41 Å². The molecule has 4 nitrogen and oxygen atoms in total. The molecule has 0 saturated carbocycles. The average molecular weight is 332 g/mol. The number of Topliss-reactive ketones (excluding diaryl/α,β-unsaturated/α-hetero) is 1. The van der Waals surface area contributed by atoms with Gasteiger partial charge >= 0.3 is 5.97 Å². The van der Waals surface area contributed by atoms with Crippen LogP contribution >= 0.6 is 0 Å². The summed E-state index contributed by atoms with van der Waals surface area (Å²) in [7, 11) is 0. The molecule has 0 saturated heterocycles. The van der Waals surface area contributed by atoms with Crippen molar-refractivity contribution in [1.82, 2.24) is 0 Å². The molecule has 132 valence electrons. The van der Waals surface area contributed by atoms with E-state index in [1.165, 1.54) is 45.4 Å². The van der Waals surface area contributed by atoms with E-state index in [-0.39, 0.29) is 5.78 Å². The van der Waals surface area contributed by atoms with E-state index in [0.717, 1.165) is 12.8 Å². The zero-order chi connectivity index (χ0) is 17.6. The second-order valence-corrected chi connectivity index (χ2v) is 6.65. The summed E-state index contributed by atoms with van der Waals surface area (Å²) in [4.78, 5) is 23.7. The van der Waals surface area contributed by atoms with Crippen LogP contribution in [0.4, 0.5) is 0 Å². The highest BCUT2D eigenvalue weighted by Crippen LogP contribution is 2.50. The van der Waals surface area contributed by atoms with E-state index >= 15 is 0 Å². The molecule has 2 rings (SSSR count). The molecule has 0 aliphatic heterocycles. The Morgan fingerprint density at radius 1 is 1.04 bits per heavy atom. The predicted octanol–water partition coefficient (Wildman–Crippen LogP) is 4.57. The van der Waals surface area contributed by atoms with Crippen LogP contribution in [0.5, 0.6) is 0 Å². The number of ketones is 1. The lowest BCUT2D eigenvalue weighted by molar-refractivity contribution is -0.148. The van der Waals surface area contributed by atoms with Gasteiger partial charge in [-0.1, -0.05) is 64.0 Å². The summed E-state index contributed by atoms with van der Waals surface area (Å²) in [5, 5.41) is 9.57. The monoisotopic (exact) mass is 332 g/mol. The minimum absolute atomic E-state index is 0.369. The van der Waals surface area contributed by atoms with Gasteiger partial charge in [-0.15, -0.1) is 0 Å². The third kappa shape index (κ3) is 3.47. The molecule has 0 aromatic heterocycles. The molecule has 0 radical (unpaired) electrons. The van der Waals surface area contributed by atoms with Gasteiger partial charge < -0.3 is 9.84 Å². The highest BCUT2D eigenvalue weighted by atomic mass is 16.5. The number of ether oxygens (including phenoxy) is 1. The lowest BCUT2D eigenvalue weighted by atomic mass is 9.78. The fourth-order valence-electron chi connectivity index (χ4n) is 3.54. The van der Waals surface area contributed by atoms with Crippen LogP contribution in [-0.2, 0) is 14.3 Å². The molecule has 0 heterocycles. The number of unbranched alkanes of at least 4 members (excludes halogenated alkanes) is 7. The van der Waals surface area contributed by atoms with Crippen molar-refractivity contribution in [1.29, 1.82) is 0 Å². The molecule has 1 atom stereocenters. The molecule has 2 bridgehead atoms. The number of hydrogen-bond acceptors (Lipinski definition) is 3. The van der Waals surface area contributed by atoms with Gasteiger partial charge in [0.15, 0.2) is 11.2 Å². The molecule has 4 heteroatoms. The third-order valence-electron chi connectivity index (χ3n) is 4.92. The van der Waals surface area contributed by atoms with Gasteiger partial charge in [-0.25, -0.2) is 0 Å². The van der Waals surface area contributed by atoms with Crippen LogP contribution in [0.2, 0.25) is 0 Å². The highest BCUT2D eigenvalue weighted by molar-refractivity contribution is 6.12. The van der Waals surface area contributed by atoms with E-state index in [9.17, 15) is 14.7 Å². The number of aliphatic carboxylic acids is 1. The minimum atomic E-state index is -1.53. The molecular weight excluding hydrogens is 304 g/mol. The van der Waals surface area contributed by atoms with Crippen LogP contribution in [0.15, 0.2) is 35.1 Å². The maximum absolute atomic E-state index is 12.0. The number of hydrogen-bond donors (Lipinski definition) is 1. The van der Waals surface area contributed by atoms with Crippen molar-refractivity contribution in [2.45, 2.75) is 65.2 Å². The maximum atomic E-state index is 12.0.